The van der Waals surface area contributed by atoms with Crippen LogP contribution in [0.4, 0.5) is 0 Å². The first-order valence-corrected chi connectivity index (χ1v) is 19.7. The summed E-state index contributed by atoms with van der Waals surface area (Å²) in [6, 6.07) is 20.5. The first kappa shape index (κ1) is 40.6. The number of benzene rings is 3. The Hall–Kier alpha value is -3.06. The number of fused-ring (bicyclic) bond motifs is 2. The molecule has 1 unspecified atom stereocenters. The van der Waals surface area contributed by atoms with E-state index in [1.165, 1.54) is 6.42 Å². The predicted octanol–water partition coefficient (Wildman–Crippen LogP) is 5.37. The van der Waals surface area contributed by atoms with Gasteiger partial charge in [-0.3, -0.25) is 14.9 Å². The van der Waals surface area contributed by atoms with Gasteiger partial charge in [0.05, 0.1) is 32.4 Å². The highest BCUT2D eigenvalue weighted by atomic mass is 35.5. The first-order chi connectivity index (χ1) is 25.7. The Balaban J connectivity index is 1.25. The molecular formula is C43H59ClN4O6. The number of methoxy groups -OCH3 is 1. The molecule has 10 atom stereocenters. The smallest absolute Gasteiger partial charge is 0.251 e. The molecule has 4 fully saturated rings. The van der Waals surface area contributed by atoms with Crippen molar-refractivity contribution < 1.29 is 29.7 Å². The lowest BCUT2D eigenvalue weighted by atomic mass is 9.44. The van der Waals surface area contributed by atoms with Gasteiger partial charge in [0.2, 0.25) is 0 Å². The van der Waals surface area contributed by atoms with Gasteiger partial charge in [-0.2, -0.15) is 5.06 Å². The minimum Gasteiger partial charge on any atom is -0.496 e. The number of para-hydroxylation sites is 1. The number of halogens is 1. The molecule has 294 valence electrons. The topological polar surface area (TPSA) is 127 Å². The highest BCUT2D eigenvalue weighted by molar-refractivity contribution is 6.31. The second-order valence-corrected chi connectivity index (χ2v) is 17.2. The van der Waals surface area contributed by atoms with Crippen molar-refractivity contribution in [3.05, 3.63) is 88.4 Å². The Morgan fingerprint density at radius 3 is 2.46 bits per heavy atom. The lowest BCUT2D eigenvalue weighted by Crippen LogP contribution is -2.63. The molecule has 1 heterocycles. The molecule has 3 saturated carbocycles. The minimum absolute atomic E-state index is 0.125. The van der Waals surface area contributed by atoms with Crippen LogP contribution in [0.15, 0.2) is 66.7 Å². The summed E-state index contributed by atoms with van der Waals surface area (Å²) in [6.45, 7) is 9.22. The molecule has 2 bridgehead atoms. The van der Waals surface area contributed by atoms with E-state index in [1.807, 2.05) is 62.6 Å². The van der Waals surface area contributed by atoms with Crippen molar-refractivity contribution in [2.45, 2.75) is 90.1 Å². The highest BCUT2D eigenvalue weighted by Gasteiger charge is 2.57. The Bertz CT molecular complexity index is 1740. The zero-order valence-electron chi connectivity index (χ0n) is 32.7. The molecule has 0 aromatic heterocycles. The number of amides is 1. The van der Waals surface area contributed by atoms with Crippen LogP contribution in [0.25, 0.3) is 11.1 Å². The summed E-state index contributed by atoms with van der Waals surface area (Å²) in [4.78, 5) is 22.1. The maximum atomic E-state index is 13.8. The van der Waals surface area contributed by atoms with Crippen molar-refractivity contribution in [2.75, 3.05) is 34.4 Å². The minimum atomic E-state index is -1.02. The molecule has 7 rings (SSSR count). The van der Waals surface area contributed by atoms with Crippen molar-refractivity contribution >= 4 is 17.5 Å². The molecule has 5 N–H and O–H groups in total. The van der Waals surface area contributed by atoms with Crippen LogP contribution in [0.2, 0.25) is 5.02 Å². The quantitative estimate of drug-likeness (QED) is 0.130. The van der Waals surface area contributed by atoms with Gasteiger partial charge in [0, 0.05) is 46.3 Å². The Kier molecular flexibility index (Phi) is 12.8. The van der Waals surface area contributed by atoms with E-state index >= 15 is 0 Å². The molecule has 10 nitrogen and oxygen atoms in total. The fraction of sp³-hybridized carbons (Fsp3) is 0.558. The van der Waals surface area contributed by atoms with Crippen LogP contribution in [-0.2, 0) is 17.8 Å². The Morgan fingerprint density at radius 2 is 1.83 bits per heavy atom. The van der Waals surface area contributed by atoms with Gasteiger partial charge in [0.15, 0.2) is 0 Å². The molecule has 4 aliphatic rings. The van der Waals surface area contributed by atoms with E-state index < -0.39 is 30.4 Å². The second kappa shape index (κ2) is 17.0. The lowest BCUT2D eigenvalue weighted by Gasteiger charge is -2.62. The van der Waals surface area contributed by atoms with Gasteiger partial charge in [-0.05, 0) is 92.8 Å². The van der Waals surface area contributed by atoms with Crippen LogP contribution in [-0.4, -0.2) is 102 Å². The second-order valence-electron chi connectivity index (χ2n) is 16.7. The molecule has 3 aliphatic carbocycles. The normalized spacial score (nSPS) is 28.0. The number of aliphatic hydroxyl groups is 3. The molecule has 1 aliphatic heterocycles. The predicted molar refractivity (Wildman–Crippen MR) is 212 cm³/mol. The fourth-order valence-corrected chi connectivity index (χ4v) is 9.90. The van der Waals surface area contributed by atoms with Gasteiger partial charge in [-0.15, -0.1) is 0 Å². The van der Waals surface area contributed by atoms with E-state index in [9.17, 15) is 20.1 Å². The number of carbonyl (C=O) groups is 1. The summed E-state index contributed by atoms with van der Waals surface area (Å²) in [5, 5.41) is 42.1. The van der Waals surface area contributed by atoms with Gasteiger partial charge >= 0.3 is 0 Å². The first-order valence-electron chi connectivity index (χ1n) is 19.3. The van der Waals surface area contributed by atoms with E-state index in [2.05, 4.69) is 48.4 Å². The van der Waals surface area contributed by atoms with E-state index in [-0.39, 0.29) is 31.1 Å². The lowest BCUT2D eigenvalue weighted by molar-refractivity contribution is -0.195. The number of hydrogen-bond donors (Lipinski definition) is 5. The molecule has 0 spiro atoms. The largest absolute Gasteiger partial charge is 0.496 e. The fourth-order valence-electron chi connectivity index (χ4n) is 9.67. The van der Waals surface area contributed by atoms with Crippen LogP contribution < -0.4 is 15.4 Å². The van der Waals surface area contributed by atoms with Gasteiger partial charge in [-0.25, -0.2) is 0 Å². The maximum Gasteiger partial charge on any atom is 0.251 e. The average Bonchev–Trinajstić information content (AvgIpc) is 3.50. The molecule has 11 heteroatoms. The monoisotopic (exact) mass is 762 g/mol. The third-order valence-electron chi connectivity index (χ3n) is 12.6. The molecule has 3 aromatic carbocycles. The number of nitrogens with one attached hydrogen (secondary N) is 2. The summed E-state index contributed by atoms with van der Waals surface area (Å²) in [5.74, 6) is 1.37. The summed E-state index contributed by atoms with van der Waals surface area (Å²) in [7, 11) is 5.57. The number of rotatable bonds is 15. The van der Waals surface area contributed by atoms with Crippen molar-refractivity contribution in [2.24, 2.45) is 29.1 Å². The molecule has 1 saturated heterocycles. The summed E-state index contributed by atoms with van der Waals surface area (Å²) >= 11 is 6.68. The average molecular weight is 763 g/mol. The van der Waals surface area contributed by atoms with Crippen molar-refractivity contribution in [1.82, 2.24) is 20.6 Å². The number of carbonyl (C=O) groups excluding carboxylic acids is 1. The van der Waals surface area contributed by atoms with Gasteiger partial charge < -0.3 is 30.3 Å². The third-order valence-corrected chi connectivity index (χ3v) is 12.8. The third kappa shape index (κ3) is 8.51. The molecule has 3 aromatic rings. The zero-order chi connectivity index (χ0) is 38.9. The van der Waals surface area contributed by atoms with Crippen LogP contribution in [0.5, 0.6) is 5.75 Å². The molecule has 1 amide bonds. The molecule has 54 heavy (non-hydrogen) atoms. The van der Waals surface area contributed by atoms with Crippen LogP contribution >= 0.6 is 11.6 Å². The number of hydrogen-bond acceptors (Lipinski definition) is 9. The van der Waals surface area contributed by atoms with E-state index in [0.29, 0.717) is 58.0 Å². The Labute approximate surface area is 325 Å². The van der Waals surface area contributed by atoms with E-state index in [1.54, 1.807) is 25.2 Å². The molecule has 0 radical (unpaired) electrons. The van der Waals surface area contributed by atoms with Gasteiger partial charge in [0.1, 0.15) is 18.1 Å². The van der Waals surface area contributed by atoms with Crippen LogP contribution in [0.1, 0.15) is 62.0 Å². The summed E-state index contributed by atoms with van der Waals surface area (Å²) in [6.07, 6.45) is 0.323. The molecular weight excluding hydrogens is 704 g/mol. The standard InChI is InChI=1S/C43H59ClN4O6/c1-25-35-20-31(43(35,3)4)21-36(25)46-42(52)39-38(26(2)50)37(24-49)54-48(39)22-28-14-11-15-34(40(28)53-7)29-17-30(19-32(44)18-29)41(51)45-33(23-47(5)6)16-27-12-9-8-10-13-27/h8-15,17-19,25-26,31,33,35-39,42,46,49-50,52H,16,20-24H2,1-7H3,(H,45,51)/t25-,26-,31-,33-,35+,36-,37-,38+,39-,42?/m0/s1. The van der Waals surface area contributed by atoms with Crippen molar-refractivity contribution in [1.29, 1.82) is 0 Å². The summed E-state index contributed by atoms with van der Waals surface area (Å²) in [5.41, 5.74) is 4.09. The van der Waals surface area contributed by atoms with Gasteiger partial charge in [0.25, 0.3) is 5.91 Å². The number of aliphatic hydroxyl groups excluding tert-OH is 3. The van der Waals surface area contributed by atoms with Crippen LogP contribution in [0, 0.1) is 29.1 Å². The number of ether oxygens (including phenoxy) is 1. The Morgan fingerprint density at radius 1 is 1.09 bits per heavy atom. The van der Waals surface area contributed by atoms with E-state index in [0.717, 1.165) is 23.1 Å². The number of likely N-dealkylation sites (N-methyl/N-ethyl adjacent to an activating group) is 1. The zero-order valence-corrected chi connectivity index (χ0v) is 33.5. The number of hydroxylamine groups is 2. The van der Waals surface area contributed by atoms with Gasteiger partial charge in [-0.1, -0.05) is 80.9 Å². The van der Waals surface area contributed by atoms with E-state index in [4.69, 9.17) is 21.2 Å². The van der Waals surface area contributed by atoms with Crippen LogP contribution in [0.3, 0.4) is 0 Å². The maximum absolute atomic E-state index is 13.8. The summed E-state index contributed by atoms with van der Waals surface area (Å²) < 4.78 is 6.04. The number of nitrogens with zero attached hydrogens (tertiary/aromatic N) is 2. The van der Waals surface area contributed by atoms with Crippen molar-refractivity contribution in [3.63, 3.8) is 0 Å². The SMILES string of the molecule is COc1c(CN2O[C@@H](CO)[C@@H]([C@H](C)O)[C@H]2C(O)N[C@H]2C[C@@H]3C[C@H]([C@@H]2C)C3(C)C)cccc1-c1cc(Cl)cc(C(=O)N[C@@H](Cc2ccccc2)CN(C)C)c1. The van der Waals surface area contributed by atoms with Crippen molar-refractivity contribution in [3.8, 4) is 16.9 Å². The highest BCUT2D eigenvalue weighted by Crippen LogP contribution is 2.61.